The van der Waals surface area contributed by atoms with Crippen LogP contribution in [0.4, 0.5) is 13.2 Å². The van der Waals surface area contributed by atoms with Gasteiger partial charge in [-0.15, -0.1) is 0 Å². The van der Waals surface area contributed by atoms with Gasteiger partial charge in [-0.1, -0.05) is 25.5 Å². The van der Waals surface area contributed by atoms with Crippen LogP contribution in [0.15, 0.2) is 29.8 Å². The van der Waals surface area contributed by atoms with Crippen molar-refractivity contribution in [3.63, 3.8) is 0 Å². The van der Waals surface area contributed by atoms with Gasteiger partial charge in [-0.3, -0.25) is 4.79 Å². The second kappa shape index (κ2) is 6.04. The fourth-order valence-electron chi connectivity index (χ4n) is 1.83. The second-order valence-electron chi connectivity index (χ2n) is 4.40. The summed E-state index contributed by atoms with van der Waals surface area (Å²) in [6, 6.07) is 3.21. The van der Waals surface area contributed by atoms with Crippen LogP contribution in [0.3, 0.4) is 0 Å². The predicted molar refractivity (Wildman–Crippen MR) is 69.2 cm³/mol. The molecule has 1 aromatic carbocycles. The summed E-state index contributed by atoms with van der Waals surface area (Å²) in [5, 5.41) is 0. The van der Waals surface area contributed by atoms with Gasteiger partial charge in [0.05, 0.1) is 5.56 Å². The molecule has 0 saturated carbocycles. The highest BCUT2D eigenvalue weighted by molar-refractivity contribution is 6.06. The van der Waals surface area contributed by atoms with Crippen LogP contribution in [-0.2, 0) is 6.18 Å². The largest absolute Gasteiger partial charge is 0.416 e. The molecule has 0 radical (unpaired) electrons. The van der Waals surface area contributed by atoms with E-state index in [0.29, 0.717) is 11.1 Å². The maximum Gasteiger partial charge on any atom is 0.416 e. The van der Waals surface area contributed by atoms with Crippen LogP contribution in [0.25, 0.3) is 0 Å². The quantitative estimate of drug-likeness (QED) is 0.559. The summed E-state index contributed by atoms with van der Waals surface area (Å²) in [6.45, 7) is 5.42. The van der Waals surface area contributed by atoms with Crippen molar-refractivity contribution >= 4 is 5.78 Å². The molecule has 0 bridgehead atoms. The van der Waals surface area contributed by atoms with Crippen LogP contribution in [-0.4, -0.2) is 5.78 Å². The van der Waals surface area contributed by atoms with Gasteiger partial charge in [-0.2, -0.15) is 13.2 Å². The summed E-state index contributed by atoms with van der Waals surface area (Å²) in [4.78, 5) is 12.0. The van der Waals surface area contributed by atoms with E-state index in [1.807, 2.05) is 13.8 Å². The van der Waals surface area contributed by atoms with Crippen LogP contribution < -0.4 is 0 Å². The molecule has 19 heavy (non-hydrogen) atoms. The van der Waals surface area contributed by atoms with Gasteiger partial charge in [0.1, 0.15) is 0 Å². The van der Waals surface area contributed by atoms with E-state index in [4.69, 9.17) is 0 Å². The Morgan fingerprint density at radius 1 is 1.21 bits per heavy atom. The van der Waals surface area contributed by atoms with Crippen LogP contribution in [0.5, 0.6) is 0 Å². The van der Waals surface area contributed by atoms with Crippen molar-refractivity contribution in [2.45, 2.75) is 39.8 Å². The summed E-state index contributed by atoms with van der Waals surface area (Å²) in [5.41, 5.74) is 0.941. The number of ketones is 1. The molecule has 1 aromatic rings. The van der Waals surface area contributed by atoms with E-state index < -0.39 is 11.7 Å². The van der Waals surface area contributed by atoms with Crippen molar-refractivity contribution in [1.82, 2.24) is 0 Å². The maximum atomic E-state index is 12.5. The Bertz CT molecular complexity index is 493. The molecule has 0 aromatic heterocycles. The second-order valence-corrected chi connectivity index (χ2v) is 4.40. The first kappa shape index (κ1) is 15.5. The number of carbonyl (C=O) groups is 1. The Hall–Kier alpha value is -1.58. The lowest BCUT2D eigenvalue weighted by atomic mass is 9.99. The molecule has 0 aliphatic heterocycles. The third-order valence-electron chi connectivity index (χ3n) is 3.06. The number of benzene rings is 1. The molecule has 0 atom stereocenters. The summed E-state index contributed by atoms with van der Waals surface area (Å²) in [7, 11) is 0. The Labute approximate surface area is 111 Å². The fraction of sp³-hybridized carbons (Fsp3) is 0.400. The first-order chi connectivity index (χ1) is 8.79. The third kappa shape index (κ3) is 3.94. The molecule has 104 valence electrons. The molecule has 0 aliphatic carbocycles. The number of rotatable bonds is 4. The lowest BCUT2D eigenvalue weighted by Gasteiger charge is -2.10. The summed E-state index contributed by atoms with van der Waals surface area (Å²) in [5.74, 6) is -0.232. The zero-order chi connectivity index (χ0) is 14.6. The van der Waals surface area contributed by atoms with Gasteiger partial charge in [0, 0.05) is 5.56 Å². The van der Waals surface area contributed by atoms with Gasteiger partial charge in [-0.05, 0) is 43.5 Å². The lowest BCUT2D eigenvalue weighted by molar-refractivity contribution is -0.137. The monoisotopic (exact) mass is 270 g/mol. The number of aryl methyl sites for hydroxylation is 1. The van der Waals surface area contributed by atoms with Crippen LogP contribution in [0.2, 0.25) is 0 Å². The minimum atomic E-state index is -4.37. The van der Waals surface area contributed by atoms with Crippen molar-refractivity contribution in [3.05, 3.63) is 46.5 Å². The fourth-order valence-corrected chi connectivity index (χ4v) is 1.83. The smallest absolute Gasteiger partial charge is 0.289 e. The maximum absolute atomic E-state index is 12.5. The van der Waals surface area contributed by atoms with E-state index >= 15 is 0 Å². The standard InChI is InChI=1S/C15H17F3O/c1-4-11(5-2)9-14(19)13-7-6-12(8-10(13)3)15(16,17)18/h6-9H,4-5H2,1-3H3. The lowest BCUT2D eigenvalue weighted by Crippen LogP contribution is -2.07. The number of halogens is 3. The van der Waals surface area contributed by atoms with Gasteiger partial charge in [0.2, 0.25) is 0 Å². The molecule has 0 spiro atoms. The number of hydrogen-bond acceptors (Lipinski definition) is 1. The first-order valence-electron chi connectivity index (χ1n) is 6.21. The van der Waals surface area contributed by atoms with E-state index in [-0.39, 0.29) is 5.78 Å². The molecular weight excluding hydrogens is 253 g/mol. The third-order valence-corrected chi connectivity index (χ3v) is 3.06. The van der Waals surface area contributed by atoms with Crippen LogP contribution in [0, 0.1) is 6.92 Å². The van der Waals surface area contributed by atoms with Gasteiger partial charge >= 0.3 is 6.18 Å². The van der Waals surface area contributed by atoms with E-state index in [1.165, 1.54) is 19.1 Å². The Balaban J connectivity index is 3.10. The SMILES string of the molecule is CCC(=CC(=O)c1ccc(C(F)(F)F)cc1C)CC. The molecular formula is C15H17F3O. The molecule has 0 N–H and O–H groups in total. The first-order valence-corrected chi connectivity index (χ1v) is 6.21. The van der Waals surface area contributed by atoms with Crippen LogP contribution >= 0.6 is 0 Å². The highest BCUT2D eigenvalue weighted by Gasteiger charge is 2.30. The minimum absolute atomic E-state index is 0.232. The number of allylic oxidation sites excluding steroid dienone is 2. The molecule has 0 fully saturated rings. The Morgan fingerprint density at radius 3 is 2.21 bits per heavy atom. The van der Waals surface area contributed by atoms with E-state index in [1.54, 1.807) is 0 Å². The summed E-state index contributed by atoms with van der Waals surface area (Å²) < 4.78 is 37.6. The van der Waals surface area contributed by atoms with E-state index in [2.05, 4.69) is 0 Å². The van der Waals surface area contributed by atoms with Gasteiger partial charge < -0.3 is 0 Å². The van der Waals surface area contributed by atoms with Crippen molar-refractivity contribution in [3.8, 4) is 0 Å². The normalized spacial score (nSPS) is 11.3. The van der Waals surface area contributed by atoms with E-state index in [0.717, 1.165) is 30.5 Å². The average Bonchev–Trinajstić information content (AvgIpc) is 2.34. The highest BCUT2D eigenvalue weighted by atomic mass is 19.4. The highest BCUT2D eigenvalue weighted by Crippen LogP contribution is 2.30. The van der Waals surface area contributed by atoms with E-state index in [9.17, 15) is 18.0 Å². The Kier molecular flexibility index (Phi) is 4.92. The molecule has 4 heteroatoms. The van der Waals surface area contributed by atoms with Crippen LogP contribution in [0.1, 0.15) is 48.2 Å². The Morgan fingerprint density at radius 2 is 1.79 bits per heavy atom. The van der Waals surface area contributed by atoms with Gasteiger partial charge in [-0.25, -0.2) is 0 Å². The van der Waals surface area contributed by atoms with Crippen molar-refractivity contribution in [2.24, 2.45) is 0 Å². The zero-order valence-corrected chi connectivity index (χ0v) is 11.3. The molecule has 1 rings (SSSR count). The van der Waals surface area contributed by atoms with Crippen molar-refractivity contribution in [2.75, 3.05) is 0 Å². The van der Waals surface area contributed by atoms with Crippen molar-refractivity contribution < 1.29 is 18.0 Å². The molecule has 0 amide bonds. The molecule has 0 saturated heterocycles. The number of carbonyl (C=O) groups excluding carboxylic acids is 1. The summed E-state index contributed by atoms with van der Waals surface area (Å²) >= 11 is 0. The zero-order valence-electron chi connectivity index (χ0n) is 11.3. The van der Waals surface area contributed by atoms with Gasteiger partial charge in [0.25, 0.3) is 0 Å². The molecule has 1 nitrogen and oxygen atoms in total. The topological polar surface area (TPSA) is 17.1 Å². The predicted octanol–water partition coefficient (Wildman–Crippen LogP) is 4.94. The van der Waals surface area contributed by atoms with Crippen molar-refractivity contribution in [1.29, 1.82) is 0 Å². The number of hydrogen-bond donors (Lipinski definition) is 0. The average molecular weight is 270 g/mol. The van der Waals surface area contributed by atoms with Gasteiger partial charge in [0.15, 0.2) is 5.78 Å². The molecule has 0 heterocycles. The summed E-state index contributed by atoms with van der Waals surface area (Å²) in [6.07, 6.45) is -1.32. The minimum Gasteiger partial charge on any atom is -0.289 e. The molecule has 0 aliphatic rings. The molecule has 0 unspecified atom stereocenters. The number of alkyl halides is 3.